The van der Waals surface area contributed by atoms with Crippen molar-refractivity contribution in [3.05, 3.63) is 52.4 Å². The summed E-state index contributed by atoms with van der Waals surface area (Å²) in [6.45, 7) is 2.00. The third kappa shape index (κ3) is 6.85. The molecule has 0 radical (unpaired) electrons. The smallest absolute Gasteiger partial charge is 0.340 e. The van der Waals surface area contributed by atoms with Crippen molar-refractivity contribution in [3.63, 3.8) is 0 Å². The van der Waals surface area contributed by atoms with E-state index in [2.05, 4.69) is 16.2 Å². The van der Waals surface area contributed by atoms with Crippen LogP contribution in [0.25, 0.3) is 0 Å². The number of esters is 1. The minimum Gasteiger partial charge on any atom is -0.465 e. The topological polar surface area (TPSA) is 79.5 Å². The van der Waals surface area contributed by atoms with E-state index in [0.717, 1.165) is 17.1 Å². The Kier molecular flexibility index (Phi) is 8.56. The number of thioether (sulfide) groups is 1. The average Bonchev–Trinajstić information content (AvgIpc) is 3.09. The van der Waals surface area contributed by atoms with Crippen LogP contribution in [0.15, 0.2) is 36.4 Å². The van der Waals surface area contributed by atoms with Gasteiger partial charge in [0.1, 0.15) is 5.00 Å². The molecule has 9 heteroatoms. The number of anilines is 1. The summed E-state index contributed by atoms with van der Waals surface area (Å²) in [5.74, 6) is 0.442. The molecule has 1 heterocycles. The first kappa shape index (κ1) is 21.2. The number of carbonyl (C=O) groups is 2. The van der Waals surface area contributed by atoms with Gasteiger partial charge in [-0.2, -0.15) is 0 Å². The second-order valence-electron chi connectivity index (χ2n) is 5.41. The summed E-state index contributed by atoms with van der Waals surface area (Å²) >= 11 is 8.11. The Morgan fingerprint density at radius 2 is 1.96 bits per heavy atom. The van der Waals surface area contributed by atoms with E-state index >= 15 is 0 Å². The quantitative estimate of drug-likeness (QED) is 0.358. The van der Waals surface area contributed by atoms with Crippen LogP contribution < -0.4 is 16.2 Å². The molecule has 1 aromatic carbocycles. The van der Waals surface area contributed by atoms with Crippen molar-refractivity contribution in [2.24, 2.45) is 0 Å². The molecule has 0 aliphatic heterocycles. The molecule has 0 aliphatic rings. The summed E-state index contributed by atoms with van der Waals surface area (Å²) in [7, 11) is 1.33. The standard InChI is InChI=1S/C18H21N3O3S3/c1-3-13-9-14(17(23)24-2)16(27-13)19-18(25)21-20-15(22)11-26-10-12-7-5-4-6-8-12/h4-9H,3,10-11H2,1-2H3,(H,20,22)(H2,19,21,25). The SMILES string of the molecule is CCc1cc(C(=O)OC)c(NC(=S)NNC(=O)CSCc2ccccc2)s1. The molecule has 0 fully saturated rings. The molecule has 0 saturated carbocycles. The number of hydrogen-bond donors (Lipinski definition) is 3. The van der Waals surface area contributed by atoms with Gasteiger partial charge in [0.2, 0.25) is 5.91 Å². The van der Waals surface area contributed by atoms with Gasteiger partial charge >= 0.3 is 5.97 Å². The van der Waals surface area contributed by atoms with Crippen LogP contribution in [-0.2, 0) is 21.7 Å². The Hall–Kier alpha value is -2.10. The van der Waals surface area contributed by atoms with E-state index in [-0.39, 0.29) is 11.0 Å². The van der Waals surface area contributed by atoms with Crippen LogP contribution in [0, 0.1) is 0 Å². The molecule has 3 N–H and O–H groups in total. The largest absolute Gasteiger partial charge is 0.465 e. The van der Waals surface area contributed by atoms with Gasteiger partial charge in [-0.25, -0.2) is 4.79 Å². The number of thiocarbonyl (C=S) groups is 1. The summed E-state index contributed by atoms with van der Waals surface area (Å²) in [5, 5.41) is 3.72. The minimum absolute atomic E-state index is 0.186. The molecule has 2 aromatic rings. The van der Waals surface area contributed by atoms with Crippen LogP contribution in [0.1, 0.15) is 27.7 Å². The molecule has 0 saturated heterocycles. The van der Waals surface area contributed by atoms with Crippen molar-refractivity contribution in [1.82, 2.24) is 10.9 Å². The zero-order chi connectivity index (χ0) is 19.6. The minimum atomic E-state index is -0.433. The summed E-state index contributed by atoms with van der Waals surface area (Å²) < 4.78 is 4.79. The van der Waals surface area contributed by atoms with Gasteiger partial charge in [-0.05, 0) is 30.3 Å². The van der Waals surface area contributed by atoms with Gasteiger partial charge in [0.05, 0.1) is 18.4 Å². The highest BCUT2D eigenvalue weighted by Crippen LogP contribution is 2.29. The number of benzene rings is 1. The van der Waals surface area contributed by atoms with E-state index in [0.29, 0.717) is 16.3 Å². The number of aryl methyl sites for hydroxylation is 1. The van der Waals surface area contributed by atoms with Crippen LogP contribution in [-0.4, -0.2) is 29.9 Å². The molecule has 144 valence electrons. The normalized spacial score (nSPS) is 10.1. The molecule has 2 rings (SSSR count). The monoisotopic (exact) mass is 423 g/mol. The molecule has 0 aliphatic carbocycles. The molecular weight excluding hydrogens is 402 g/mol. The zero-order valence-electron chi connectivity index (χ0n) is 15.0. The van der Waals surface area contributed by atoms with Crippen molar-refractivity contribution in [2.75, 3.05) is 18.2 Å². The van der Waals surface area contributed by atoms with E-state index in [4.69, 9.17) is 17.0 Å². The van der Waals surface area contributed by atoms with Crippen molar-refractivity contribution in [2.45, 2.75) is 19.1 Å². The van der Waals surface area contributed by atoms with Crippen LogP contribution in [0.3, 0.4) is 0 Å². The lowest BCUT2D eigenvalue weighted by molar-refractivity contribution is -0.119. The molecule has 0 atom stereocenters. The molecule has 0 unspecified atom stereocenters. The summed E-state index contributed by atoms with van der Waals surface area (Å²) in [6.07, 6.45) is 0.798. The first-order valence-electron chi connectivity index (χ1n) is 8.22. The molecule has 1 aromatic heterocycles. The maximum absolute atomic E-state index is 11.9. The second-order valence-corrected chi connectivity index (χ2v) is 7.94. The van der Waals surface area contributed by atoms with Crippen molar-refractivity contribution < 1.29 is 14.3 Å². The molecule has 0 spiro atoms. The van der Waals surface area contributed by atoms with Gasteiger partial charge < -0.3 is 10.1 Å². The lowest BCUT2D eigenvalue weighted by Crippen LogP contribution is -2.44. The fourth-order valence-corrected chi connectivity index (χ4v) is 4.10. The third-order valence-electron chi connectivity index (χ3n) is 3.42. The number of nitrogens with one attached hydrogen (secondary N) is 3. The highest BCUT2D eigenvalue weighted by atomic mass is 32.2. The number of hydrazine groups is 1. The summed E-state index contributed by atoms with van der Waals surface area (Å²) in [6, 6.07) is 11.7. The first-order valence-corrected chi connectivity index (χ1v) is 10.6. The van der Waals surface area contributed by atoms with Crippen LogP contribution >= 0.6 is 35.3 Å². The van der Waals surface area contributed by atoms with E-state index in [1.165, 1.54) is 35.8 Å². The van der Waals surface area contributed by atoms with Gasteiger partial charge in [0.25, 0.3) is 0 Å². The van der Waals surface area contributed by atoms with Crippen molar-refractivity contribution >= 4 is 57.3 Å². The van der Waals surface area contributed by atoms with Gasteiger partial charge in [0.15, 0.2) is 5.11 Å². The van der Waals surface area contributed by atoms with Gasteiger partial charge in [-0.3, -0.25) is 15.6 Å². The van der Waals surface area contributed by atoms with Gasteiger partial charge in [-0.1, -0.05) is 37.3 Å². The molecule has 1 amide bonds. The third-order valence-corrected chi connectivity index (χ3v) is 5.83. The Bertz CT molecular complexity index is 794. The van der Waals surface area contributed by atoms with Crippen LogP contribution in [0.2, 0.25) is 0 Å². The second kappa shape index (κ2) is 10.9. The number of amides is 1. The maximum Gasteiger partial charge on any atom is 0.340 e. The Labute approximate surface area is 172 Å². The lowest BCUT2D eigenvalue weighted by Gasteiger charge is -2.11. The number of methoxy groups -OCH3 is 1. The highest BCUT2D eigenvalue weighted by Gasteiger charge is 2.17. The van der Waals surface area contributed by atoms with Crippen molar-refractivity contribution in [1.29, 1.82) is 0 Å². The molecule has 6 nitrogen and oxygen atoms in total. The Morgan fingerprint density at radius 1 is 1.22 bits per heavy atom. The Morgan fingerprint density at radius 3 is 2.63 bits per heavy atom. The van der Waals surface area contributed by atoms with Crippen molar-refractivity contribution in [3.8, 4) is 0 Å². The fraction of sp³-hybridized carbons (Fsp3) is 0.278. The first-order chi connectivity index (χ1) is 13.0. The predicted molar refractivity (Wildman–Crippen MR) is 115 cm³/mol. The molecular formula is C18H21N3O3S3. The summed E-state index contributed by atoms with van der Waals surface area (Å²) in [4.78, 5) is 24.8. The molecule has 0 bridgehead atoms. The average molecular weight is 424 g/mol. The van der Waals surface area contributed by atoms with Gasteiger partial charge in [-0.15, -0.1) is 23.1 Å². The Balaban J connectivity index is 1.78. The highest BCUT2D eigenvalue weighted by molar-refractivity contribution is 7.99. The summed E-state index contributed by atoms with van der Waals surface area (Å²) in [5.41, 5.74) is 6.79. The van der Waals surface area contributed by atoms with E-state index in [9.17, 15) is 9.59 Å². The maximum atomic E-state index is 11.9. The number of ether oxygens (including phenoxy) is 1. The number of rotatable bonds is 7. The van der Waals surface area contributed by atoms with E-state index in [1.54, 1.807) is 6.07 Å². The predicted octanol–water partition coefficient (Wildman–Crippen LogP) is 3.35. The molecule has 27 heavy (non-hydrogen) atoms. The van der Waals surface area contributed by atoms with E-state index in [1.807, 2.05) is 37.3 Å². The zero-order valence-corrected chi connectivity index (χ0v) is 17.5. The van der Waals surface area contributed by atoms with Gasteiger partial charge in [0, 0.05) is 10.6 Å². The number of thiophene rings is 1. The fourth-order valence-electron chi connectivity index (χ4n) is 2.10. The number of hydrogen-bond acceptors (Lipinski definition) is 6. The number of carbonyl (C=O) groups excluding carboxylic acids is 2. The lowest BCUT2D eigenvalue weighted by atomic mass is 10.2. The van der Waals surface area contributed by atoms with Crippen LogP contribution in [0.4, 0.5) is 5.00 Å². The van der Waals surface area contributed by atoms with Crippen LogP contribution in [0.5, 0.6) is 0 Å². The van der Waals surface area contributed by atoms with E-state index < -0.39 is 5.97 Å².